The number of carbonyl (C=O) groups is 1. The Morgan fingerprint density at radius 1 is 1.46 bits per heavy atom. The third-order valence-corrected chi connectivity index (χ3v) is 1.82. The molecule has 0 amide bonds. The molecule has 13 heavy (non-hydrogen) atoms. The van der Waals surface area contributed by atoms with Crippen LogP contribution in [0.5, 0.6) is 0 Å². The number of aldehydes is 1. The van der Waals surface area contributed by atoms with E-state index >= 15 is 0 Å². The van der Waals surface area contributed by atoms with Crippen LogP contribution in [-0.2, 0) is 22.2 Å². The van der Waals surface area contributed by atoms with E-state index in [4.69, 9.17) is 4.55 Å². The minimum Gasteiger partial charge on any atom is -0.298 e. The first kappa shape index (κ1) is 10.0. The molecule has 0 saturated heterocycles. The molecule has 1 N–H and O–H groups in total. The monoisotopic (exact) mass is 200 g/mol. The normalized spacial score (nSPS) is 12.4. The van der Waals surface area contributed by atoms with Gasteiger partial charge < -0.3 is 0 Å². The summed E-state index contributed by atoms with van der Waals surface area (Å²) in [6, 6.07) is 6.72. The first-order valence-electron chi connectivity index (χ1n) is 3.51. The maximum atomic E-state index is 10.5. The zero-order chi connectivity index (χ0) is 9.68. The van der Waals surface area contributed by atoms with Gasteiger partial charge >= 0.3 is 11.4 Å². The van der Waals surface area contributed by atoms with Crippen molar-refractivity contribution in [3.05, 3.63) is 35.4 Å². The fraction of sp³-hybridized carbons (Fsp3) is 0.125. The molecule has 0 aliphatic rings. The maximum absolute atomic E-state index is 10.5. The summed E-state index contributed by atoms with van der Waals surface area (Å²) in [6.07, 6.45) is 0.680. The van der Waals surface area contributed by atoms with Crippen LogP contribution in [-0.4, -0.2) is 15.0 Å². The van der Waals surface area contributed by atoms with E-state index in [2.05, 4.69) is 4.18 Å². The fourth-order valence-corrected chi connectivity index (χ4v) is 1.12. The van der Waals surface area contributed by atoms with Gasteiger partial charge in [-0.2, -0.15) is 4.21 Å². The van der Waals surface area contributed by atoms with E-state index in [-0.39, 0.29) is 6.61 Å². The Morgan fingerprint density at radius 3 is 2.77 bits per heavy atom. The van der Waals surface area contributed by atoms with Crippen LogP contribution in [0.15, 0.2) is 24.3 Å². The predicted octanol–water partition coefficient (Wildman–Crippen LogP) is 1.15. The van der Waals surface area contributed by atoms with Crippen LogP contribution in [0.4, 0.5) is 0 Å². The summed E-state index contributed by atoms with van der Waals surface area (Å²) in [5.74, 6) is 0. The molecule has 1 atom stereocenters. The van der Waals surface area contributed by atoms with Crippen LogP contribution in [0.1, 0.15) is 15.9 Å². The highest BCUT2D eigenvalue weighted by Crippen LogP contribution is 2.07. The van der Waals surface area contributed by atoms with Gasteiger partial charge in [0, 0.05) is 5.56 Å². The molecule has 4 nitrogen and oxygen atoms in total. The summed E-state index contributed by atoms with van der Waals surface area (Å²) < 4.78 is 23.0. The lowest BCUT2D eigenvalue weighted by Gasteiger charge is -2.01. The van der Waals surface area contributed by atoms with Gasteiger partial charge in [0.05, 0.1) is 6.61 Å². The van der Waals surface area contributed by atoms with Crippen molar-refractivity contribution in [1.29, 1.82) is 0 Å². The summed E-state index contributed by atoms with van der Waals surface area (Å²) in [4.78, 5) is 10.5. The molecule has 0 fully saturated rings. The lowest BCUT2D eigenvalue weighted by molar-refractivity contribution is 0.112. The Morgan fingerprint density at radius 2 is 2.15 bits per heavy atom. The molecule has 1 aromatic rings. The van der Waals surface area contributed by atoms with Crippen LogP contribution in [0.3, 0.4) is 0 Å². The molecule has 0 radical (unpaired) electrons. The topological polar surface area (TPSA) is 63.6 Å². The van der Waals surface area contributed by atoms with Crippen molar-refractivity contribution in [2.75, 3.05) is 0 Å². The van der Waals surface area contributed by atoms with Gasteiger partial charge in [-0.25, -0.2) is 0 Å². The Bertz CT molecular complexity index is 324. The standard InChI is InChI=1S/C8H8O4S/c9-5-7-3-1-2-4-8(7)6-12-13(10)11/h1-5H,6H2,(H,10,11). The van der Waals surface area contributed by atoms with Crippen molar-refractivity contribution in [2.45, 2.75) is 6.61 Å². The molecular weight excluding hydrogens is 192 g/mol. The second-order valence-electron chi connectivity index (χ2n) is 2.30. The number of benzene rings is 1. The molecular formula is C8H8O4S. The van der Waals surface area contributed by atoms with Crippen LogP contribution < -0.4 is 0 Å². The highest BCUT2D eigenvalue weighted by molar-refractivity contribution is 7.74. The molecule has 1 unspecified atom stereocenters. The Kier molecular flexibility index (Phi) is 3.75. The largest absolute Gasteiger partial charge is 0.302 e. The van der Waals surface area contributed by atoms with Gasteiger partial charge in [-0.05, 0) is 5.56 Å². The van der Waals surface area contributed by atoms with Crippen molar-refractivity contribution < 1.29 is 17.7 Å². The quantitative estimate of drug-likeness (QED) is 0.585. The summed E-state index contributed by atoms with van der Waals surface area (Å²) in [5, 5.41) is 0. The molecule has 0 heterocycles. The average molecular weight is 200 g/mol. The van der Waals surface area contributed by atoms with Crippen LogP contribution in [0.2, 0.25) is 0 Å². The second kappa shape index (κ2) is 4.86. The van der Waals surface area contributed by atoms with Crippen molar-refractivity contribution in [3.63, 3.8) is 0 Å². The van der Waals surface area contributed by atoms with Crippen molar-refractivity contribution in [2.24, 2.45) is 0 Å². The van der Waals surface area contributed by atoms with Crippen LogP contribution in [0, 0.1) is 0 Å². The van der Waals surface area contributed by atoms with Crippen molar-refractivity contribution in [1.82, 2.24) is 0 Å². The van der Waals surface area contributed by atoms with Crippen LogP contribution in [0.25, 0.3) is 0 Å². The van der Waals surface area contributed by atoms with E-state index in [0.29, 0.717) is 17.4 Å². The summed E-state index contributed by atoms with van der Waals surface area (Å²) in [5.41, 5.74) is 1.06. The third kappa shape index (κ3) is 3.06. The van der Waals surface area contributed by atoms with Gasteiger partial charge in [-0.1, -0.05) is 24.3 Å². The Balaban J connectivity index is 2.75. The lowest BCUT2D eigenvalue weighted by Crippen LogP contribution is -1.98. The average Bonchev–Trinajstić information content (AvgIpc) is 2.15. The van der Waals surface area contributed by atoms with E-state index < -0.39 is 11.4 Å². The molecule has 0 aliphatic carbocycles. The SMILES string of the molecule is O=Cc1ccccc1COS(=O)O. The number of carbonyl (C=O) groups excluding carboxylic acids is 1. The van der Waals surface area contributed by atoms with E-state index in [1.54, 1.807) is 24.3 Å². The van der Waals surface area contributed by atoms with Crippen molar-refractivity contribution >= 4 is 17.6 Å². The number of hydrogen-bond donors (Lipinski definition) is 1. The van der Waals surface area contributed by atoms with E-state index in [0.717, 1.165) is 0 Å². The van der Waals surface area contributed by atoms with E-state index in [1.165, 1.54) is 0 Å². The van der Waals surface area contributed by atoms with Gasteiger partial charge in [-0.15, -0.1) is 0 Å². The van der Waals surface area contributed by atoms with Gasteiger partial charge in [0.25, 0.3) is 0 Å². The van der Waals surface area contributed by atoms with Crippen LogP contribution >= 0.6 is 0 Å². The van der Waals surface area contributed by atoms with Gasteiger partial charge in [0.2, 0.25) is 0 Å². The molecule has 70 valence electrons. The Labute approximate surface area is 78.0 Å². The molecule has 5 heteroatoms. The minimum absolute atomic E-state index is 0.0436. The molecule has 0 saturated carbocycles. The summed E-state index contributed by atoms with van der Waals surface area (Å²) in [7, 11) is 0. The van der Waals surface area contributed by atoms with E-state index in [9.17, 15) is 9.00 Å². The predicted molar refractivity (Wildman–Crippen MR) is 47.4 cm³/mol. The molecule has 1 rings (SSSR count). The Hall–Kier alpha value is -1.04. The lowest BCUT2D eigenvalue weighted by atomic mass is 10.1. The smallest absolute Gasteiger partial charge is 0.298 e. The molecule has 1 aromatic carbocycles. The molecule has 0 aliphatic heterocycles. The zero-order valence-corrected chi connectivity index (χ0v) is 7.49. The van der Waals surface area contributed by atoms with Gasteiger partial charge in [0.15, 0.2) is 0 Å². The minimum atomic E-state index is -2.29. The molecule has 0 aromatic heterocycles. The third-order valence-electron chi connectivity index (χ3n) is 1.50. The fourth-order valence-electron chi connectivity index (χ4n) is 0.895. The molecule has 0 spiro atoms. The highest BCUT2D eigenvalue weighted by Gasteiger charge is 2.01. The zero-order valence-electron chi connectivity index (χ0n) is 6.67. The summed E-state index contributed by atoms with van der Waals surface area (Å²) >= 11 is -2.29. The first-order chi connectivity index (χ1) is 6.24. The maximum Gasteiger partial charge on any atom is 0.302 e. The second-order valence-corrected chi connectivity index (χ2v) is 2.97. The summed E-state index contributed by atoms with van der Waals surface area (Å²) in [6.45, 7) is -0.0436. The highest BCUT2D eigenvalue weighted by atomic mass is 32.2. The first-order valence-corrected chi connectivity index (χ1v) is 4.54. The number of rotatable bonds is 4. The van der Waals surface area contributed by atoms with Crippen molar-refractivity contribution in [3.8, 4) is 0 Å². The van der Waals surface area contributed by atoms with Gasteiger partial charge in [-0.3, -0.25) is 13.5 Å². The van der Waals surface area contributed by atoms with E-state index in [1.807, 2.05) is 0 Å². The molecule has 0 bridgehead atoms. The number of hydrogen-bond acceptors (Lipinski definition) is 3. The van der Waals surface area contributed by atoms with Gasteiger partial charge in [0.1, 0.15) is 6.29 Å².